The Bertz CT molecular complexity index is 250. The van der Waals surface area contributed by atoms with E-state index in [0.29, 0.717) is 19.6 Å². The summed E-state index contributed by atoms with van der Waals surface area (Å²) in [7, 11) is 0. The summed E-state index contributed by atoms with van der Waals surface area (Å²) in [6.45, 7) is 0.782. The number of carbonyl (C=O) groups is 1. The molecule has 2 N–H and O–H groups in total. The van der Waals surface area contributed by atoms with Crippen LogP contribution in [0.5, 0.6) is 0 Å². The minimum Gasteiger partial charge on any atom is -0.394 e. The summed E-state index contributed by atoms with van der Waals surface area (Å²) in [5.74, 6) is 1.88. The summed E-state index contributed by atoms with van der Waals surface area (Å²) in [6, 6.07) is 0. The van der Waals surface area contributed by atoms with Crippen molar-refractivity contribution in [1.82, 2.24) is 5.32 Å². The third-order valence-corrected chi connectivity index (χ3v) is 2.14. The molecule has 0 bridgehead atoms. The molecule has 0 aromatic heterocycles. The first-order chi connectivity index (χ1) is 6.22. The predicted molar refractivity (Wildman–Crippen MR) is 50.1 cm³/mol. The number of halogens is 1. The van der Waals surface area contributed by atoms with Gasteiger partial charge < -0.3 is 15.2 Å². The lowest BCUT2D eigenvalue weighted by atomic mass is 10.0. The van der Waals surface area contributed by atoms with Crippen LogP contribution in [-0.4, -0.2) is 36.4 Å². The molecule has 0 saturated carbocycles. The molecule has 1 fully saturated rings. The van der Waals surface area contributed by atoms with Gasteiger partial charge in [0.25, 0.3) is 5.91 Å². The minimum absolute atomic E-state index is 0.122. The summed E-state index contributed by atoms with van der Waals surface area (Å²) in [5.41, 5.74) is -0.631. The molecular formula is C8H10BrNO3. The normalized spacial score (nSPS) is 26.3. The van der Waals surface area contributed by atoms with Crippen LogP contribution < -0.4 is 5.32 Å². The Balaban J connectivity index is 2.56. The van der Waals surface area contributed by atoms with Crippen LogP contribution in [0.4, 0.5) is 0 Å². The van der Waals surface area contributed by atoms with E-state index < -0.39 is 11.4 Å². The van der Waals surface area contributed by atoms with E-state index in [-0.39, 0.29) is 6.61 Å². The maximum Gasteiger partial charge on any atom is 0.297 e. The molecule has 0 aromatic carbocycles. The first-order valence-electron chi connectivity index (χ1n) is 3.85. The molecule has 1 saturated heterocycles. The van der Waals surface area contributed by atoms with Crippen LogP contribution in [0.3, 0.4) is 0 Å². The topological polar surface area (TPSA) is 58.6 Å². The monoisotopic (exact) mass is 247 g/mol. The van der Waals surface area contributed by atoms with Crippen molar-refractivity contribution in [2.45, 2.75) is 12.0 Å². The molecule has 0 radical (unpaired) electrons. The van der Waals surface area contributed by atoms with Crippen molar-refractivity contribution in [2.75, 3.05) is 19.8 Å². The van der Waals surface area contributed by atoms with Gasteiger partial charge in [-0.15, -0.1) is 0 Å². The van der Waals surface area contributed by atoms with Crippen molar-refractivity contribution >= 4 is 21.8 Å². The van der Waals surface area contributed by atoms with Crippen molar-refractivity contribution < 1.29 is 14.6 Å². The molecular weight excluding hydrogens is 238 g/mol. The number of rotatable bonds is 2. The number of aliphatic hydroxyl groups is 1. The van der Waals surface area contributed by atoms with Gasteiger partial charge in [0.2, 0.25) is 0 Å². The second kappa shape index (κ2) is 4.61. The van der Waals surface area contributed by atoms with Gasteiger partial charge in [0.05, 0.1) is 18.8 Å². The van der Waals surface area contributed by atoms with Crippen molar-refractivity contribution in [3.63, 3.8) is 0 Å². The van der Waals surface area contributed by atoms with E-state index in [1.807, 2.05) is 0 Å². The van der Waals surface area contributed by atoms with E-state index >= 15 is 0 Å². The highest BCUT2D eigenvalue weighted by Gasteiger charge is 2.35. The van der Waals surface area contributed by atoms with Gasteiger partial charge in [-0.3, -0.25) is 4.79 Å². The molecule has 1 unspecified atom stereocenters. The van der Waals surface area contributed by atoms with E-state index in [1.165, 1.54) is 0 Å². The molecule has 72 valence electrons. The average Bonchev–Trinajstić information content (AvgIpc) is 2.54. The van der Waals surface area contributed by atoms with Gasteiger partial charge in [-0.25, -0.2) is 0 Å². The Kier molecular flexibility index (Phi) is 3.72. The first-order valence-corrected chi connectivity index (χ1v) is 4.64. The van der Waals surface area contributed by atoms with E-state index in [0.717, 1.165) is 0 Å². The predicted octanol–water partition coefficient (Wildman–Crippen LogP) is -0.390. The molecule has 1 heterocycles. The molecule has 1 atom stereocenters. The van der Waals surface area contributed by atoms with Crippen molar-refractivity contribution in [3.05, 3.63) is 0 Å². The molecule has 13 heavy (non-hydrogen) atoms. The second-order valence-electron chi connectivity index (χ2n) is 2.91. The third-order valence-electron chi connectivity index (χ3n) is 1.95. The lowest BCUT2D eigenvalue weighted by molar-refractivity contribution is -0.118. The Morgan fingerprint density at radius 1 is 1.77 bits per heavy atom. The van der Waals surface area contributed by atoms with E-state index in [9.17, 15) is 4.79 Å². The molecule has 1 aliphatic rings. The molecule has 4 nitrogen and oxygen atoms in total. The number of amides is 1. The number of hydrogen-bond acceptors (Lipinski definition) is 3. The summed E-state index contributed by atoms with van der Waals surface area (Å²) in [6.07, 6.45) is 0.624. The zero-order chi connectivity index (χ0) is 9.73. The van der Waals surface area contributed by atoms with Gasteiger partial charge in [-0.2, -0.15) is 0 Å². The maximum atomic E-state index is 11.1. The SMILES string of the molecule is O=C(C#CBr)NC1(CO)CCOC1. The van der Waals surface area contributed by atoms with Crippen molar-refractivity contribution in [1.29, 1.82) is 0 Å². The van der Waals surface area contributed by atoms with Crippen molar-refractivity contribution in [3.8, 4) is 10.8 Å². The lowest BCUT2D eigenvalue weighted by Gasteiger charge is -2.24. The fourth-order valence-electron chi connectivity index (χ4n) is 1.19. The standard InChI is InChI=1S/C8H10BrNO3/c9-3-1-7(12)10-8(5-11)2-4-13-6-8/h11H,2,4-6H2,(H,10,12). The fourth-order valence-corrected chi connectivity index (χ4v) is 1.37. The Hall–Kier alpha value is -0.570. The number of nitrogens with one attached hydrogen (secondary N) is 1. The Morgan fingerprint density at radius 2 is 2.54 bits per heavy atom. The highest BCUT2D eigenvalue weighted by atomic mass is 79.9. The highest BCUT2D eigenvalue weighted by molar-refractivity contribution is 9.12. The average molecular weight is 248 g/mol. The number of ether oxygens (including phenoxy) is 1. The van der Waals surface area contributed by atoms with Gasteiger partial charge in [0.1, 0.15) is 0 Å². The van der Waals surface area contributed by atoms with E-state index in [1.54, 1.807) is 0 Å². The van der Waals surface area contributed by atoms with Crippen LogP contribution >= 0.6 is 15.9 Å². The molecule has 0 aliphatic carbocycles. The summed E-state index contributed by atoms with van der Waals surface area (Å²) in [4.78, 5) is 13.4. The fraction of sp³-hybridized carbons (Fsp3) is 0.625. The molecule has 1 amide bonds. The van der Waals surface area contributed by atoms with Gasteiger partial charge in [-0.1, -0.05) is 0 Å². The zero-order valence-electron chi connectivity index (χ0n) is 6.97. The van der Waals surface area contributed by atoms with Gasteiger partial charge >= 0.3 is 0 Å². The van der Waals surface area contributed by atoms with Crippen LogP contribution in [-0.2, 0) is 9.53 Å². The van der Waals surface area contributed by atoms with Crippen LogP contribution in [0.25, 0.3) is 0 Å². The first kappa shape index (κ1) is 10.5. The third kappa shape index (κ3) is 2.69. The molecule has 1 rings (SSSR count). The molecule has 0 spiro atoms. The smallest absolute Gasteiger partial charge is 0.297 e. The molecule has 5 heteroatoms. The molecule has 1 aliphatic heterocycles. The van der Waals surface area contributed by atoms with Crippen molar-refractivity contribution in [2.24, 2.45) is 0 Å². The van der Waals surface area contributed by atoms with Crippen LogP contribution in [0, 0.1) is 10.8 Å². The Morgan fingerprint density at radius 3 is 3.00 bits per heavy atom. The zero-order valence-corrected chi connectivity index (χ0v) is 8.56. The lowest BCUT2D eigenvalue weighted by Crippen LogP contribution is -2.51. The highest BCUT2D eigenvalue weighted by Crippen LogP contribution is 2.17. The quantitative estimate of drug-likeness (QED) is 0.654. The van der Waals surface area contributed by atoms with Crippen LogP contribution in [0.15, 0.2) is 0 Å². The largest absolute Gasteiger partial charge is 0.394 e. The maximum absolute atomic E-state index is 11.1. The summed E-state index contributed by atoms with van der Waals surface area (Å²) >= 11 is 2.82. The second-order valence-corrected chi connectivity index (χ2v) is 3.31. The van der Waals surface area contributed by atoms with Gasteiger partial charge in [-0.05, 0) is 11.3 Å². The Labute approximate surface area is 84.8 Å². The van der Waals surface area contributed by atoms with Gasteiger partial charge in [0, 0.05) is 28.5 Å². The summed E-state index contributed by atoms with van der Waals surface area (Å²) in [5, 5.41) is 11.7. The van der Waals surface area contributed by atoms with Crippen LogP contribution in [0.2, 0.25) is 0 Å². The number of hydrogen-bond donors (Lipinski definition) is 2. The minimum atomic E-state index is -0.631. The molecule has 0 aromatic rings. The van der Waals surface area contributed by atoms with E-state index in [2.05, 4.69) is 32.0 Å². The van der Waals surface area contributed by atoms with E-state index in [4.69, 9.17) is 9.84 Å². The number of aliphatic hydroxyl groups excluding tert-OH is 1. The van der Waals surface area contributed by atoms with Crippen LogP contribution in [0.1, 0.15) is 6.42 Å². The summed E-state index contributed by atoms with van der Waals surface area (Å²) < 4.78 is 5.10. The van der Waals surface area contributed by atoms with Gasteiger partial charge in [0.15, 0.2) is 0 Å². The number of carbonyl (C=O) groups excluding carboxylic acids is 1.